The molecule has 92 valence electrons. The predicted molar refractivity (Wildman–Crippen MR) is 70.5 cm³/mol. The topological polar surface area (TPSA) is 76.2 Å². The van der Waals surface area contributed by atoms with E-state index in [4.69, 9.17) is 10.8 Å². The van der Waals surface area contributed by atoms with Gasteiger partial charge in [0, 0.05) is 11.8 Å². The Labute approximate surface area is 105 Å². The molecule has 1 aromatic carbocycles. The molecule has 0 saturated heterocycles. The van der Waals surface area contributed by atoms with Gasteiger partial charge in [-0.05, 0) is 36.6 Å². The third-order valence-corrected chi connectivity index (χ3v) is 2.99. The van der Waals surface area contributed by atoms with Crippen LogP contribution in [0.2, 0.25) is 0 Å². The Morgan fingerprint density at radius 1 is 1.17 bits per heavy atom. The van der Waals surface area contributed by atoms with Crippen molar-refractivity contribution in [1.82, 2.24) is 4.98 Å². The molecule has 0 amide bonds. The summed E-state index contributed by atoms with van der Waals surface area (Å²) in [5.41, 5.74) is 9.60. The van der Waals surface area contributed by atoms with Crippen LogP contribution in [0.15, 0.2) is 30.5 Å². The molecule has 0 aliphatic rings. The number of nitrogen functional groups attached to an aromatic ring is 1. The fourth-order valence-electron chi connectivity index (χ4n) is 1.73. The summed E-state index contributed by atoms with van der Waals surface area (Å²) < 4.78 is 0. The number of aryl methyl sites for hydroxylation is 2. The highest BCUT2D eigenvalue weighted by Gasteiger charge is 2.11. The standard InChI is InChI=1S/C14H14N2O2/c1-8-3-4-10(5-9(8)2)11-6-12(14(17)18)13(15)16-7-11/h3-7H,1-2H3,(H2,15,16)(H,17,18). The van der Waals surface area contributed by atoms with Gasteiger partial charge < -0.3 is 10.8 Å². The van der Waals surface area contributed by atoms with Gasteiger partial charge in [-0.15, -0.1) is 0 Å². The SMILES string of the molecule is Cc1ccc(-c2cnc(N)c(C(=O)O)c2)cc1C. The number of aromatic nitrogens is 1. The van der Waals surface area contributed by atoms with Gasteiger partial charge in [0.25, 0.3) is 0 Å². The van der Waals surface area contributed by atoms with Gasteiger partial charge in [-0.1, -0.05) is 18.2 Å². The molecule has 4 nitrogen and oxygen atoms in total. The van der Waals surface area contributed by atoms with Crippen LogP contribution >= 0.6 is 0 Å². The molecule has 0 radical (unpaired) electrons. The monoisotopic (exact) mass is 242 g/mol. The zero-order valence-corrected chi connectivity index (χ0v) is 10.3. The Morgan fingerprint density at radius 2 is 1.89 bits per heavy atom. The minimum Gasteiger partial charge on any atom is -0.478 e. The zero-order chi connectivity index (χ0) is 13.3. The Kier molecular flexibility index (Phi) is 3.02. The summed E-state index contributed by atoms with van der Waals surface area (Å²) in [4.78, 5) is 14.9. The highest BCUT2D eigenvalue weighted by molar-refractivity contribution is 5.94. The second-order valence-electron chi connectivity index (χ2n) is 4.26. The first-order chi connectivity index (χ1) is 8.49. The first kappa shape index (κ1) is 12.1. The summed E-state index contributed by atoms with van der Waals surface area (Å²) in [7, 11) is 0. The van der Waals surface area contributed by atoms with Crippen molar-refractivity contribution in [3.63, 3.8) is 0 Å². The lowest BCUT2D eigenvalue weighted by molar-refractivity contribution is 0.0697. The molecule has 0 atom stereocenters. The number of carboxylic acids is 1. The lowest BCUT2D eigenvalue weighted by Gasteiger charge is -2.07. The lowest BCUT2D eigenvalue weighted by Crippen LogP contribution is -2.04. The summed E-state index contributed by atoms with van der Waals surface area (Å²) >= 11 is 0. The summed E-state index contributed by atoms with van der Waals surface area (Å²) in [5, 5.41) is 9.02. The third kappa shape index (κ3) is 2.18. The second-order valence-corrected chi connectivity index (χ2v) is 4.26. The Hall–Kier alpha value is -2.36. The number of anilines is 1. The first-order valence-electron chi connectivity index (χ1n) is 5.55. The van der Waals surface area contributed by atoms with E-state index in [9.17, 15) is 4.79 Å². The quantitative estimate of drug-likeness (QED) is 0.848. The number of nitrogens with zero attached hydrogens (tertiary/aromatic N) is 1. The molecule has 1 aromatic heterocycles. The summed E-state index contributed by atoms with van der Waals surface area (Å²) in [5.74, 6) is -1.03. The summed E-state index contributed by atoms with van der Waals surface area (Å²) in [6.45, 7) is 4.05. The van der Waals surface area contributed by atoms with Crippen LogP contribution in [0.3, 0.4) is 0 Å². The van der Waals surface area contributed by atoms with E-state index in [2.05, 4.69) is 4.98 Å². The normalized spacial score (nSPS) is 10.3. The van der Waals surface area contributed by atoms with Crippen molar-refractivity contribution < 1.29 is 9.90 Å². The average Bonchev–Trinajstić information content (AvgIpc) is 2.33. The molecule has 3 N–H and O–H groups in total. The summed E-state index contributed by atoms with van der Waals surface area (Å²) in [6, 6.07) is 7.51. The maximum atomic E-state index is 11.0. The Balaban J connectivity index is 2.54. The van der Waals surface area contributed by atoms with Crippen molar-refractivity contribution >= 4 is 11.8 Å². The van der Waals surface area contributed by atoms with Crippen LogP contribution in [0.25, 0.3) is 11.1 Å². The molecule has 0 aliphatic carbocycles. The first-order valence-corrected chi connectivity index (χ1v) is 5.55. The molecule has 2 rings (SSSR count). The molecule has 0 aliphatic heterocycles. The van der Waals surface area contributed by atoms with E-state index in [-0.39, 0.29) is 11.4 Å². The second kappa shape index (κ2) is 4.49. The fraction of sp³-hybridized carbons (Fsp3) is 0.143. The predicted octanol–water partition coefficient (Wildman–Crippen LogP) is 2.65. The number of carbonyl (C=O) groups is 1. The minimum atomic E-state index is -1.06. The van der Waals surface area contributed by atoms with E-state index in [1.54, 1.807) is 12.3 Å². The highest BCUT2D eigenvalue weighted by Crippen LogP contribution is 2.24. The van der Waals surface area contributed by atoms with Crippen LogP contribution in [0, 0.1) is 13.8 Å². The van der Waals surface area contributed by atoms with Gasteiger partial charge in [-0.25, -0.2) is 9.78 Å². The van der Waals surface area contributed by atoms with Crippen LogP contribution in [0.1, 0.15) is 21.5 Å². The van der Waals surface area contributed by atoms with E-state index in [0.29, 0.717) is 0 Å². The fourth-order valence-corrected chi connectivity index (χ4v) is 1.73. The van der Waals surface area contributed by atoms with Crippen LogP contribution in [0.4, 0.5) is 5.82 Å². The Morgan fingerprint density at radius 3 is 2.50 bits per heavy atom. The zero-order valence-electron chi connectivity index (χ0n) is 10.3. The number of carboxylic acid groups (broad SMARTS) is 1. The van der Waals surface area contributed by atoms with Crippen LogP contribution in [-0.2, 0) is 0 Å². The smallest absolute Gasteiger partial charge is 0.339 e. The number of hydrogen-bond donors (Lipinski definition) is 2. The summed E-state index contributed by atoms with van der Waals surface area (Å²) in [6.07, 6.45) is 1.59. The highest BCUT2D eigenvalue weighted by atomic mass is 16.4. The molecule has 2 aromatic rings. The van der Waals surface area contributed by atoms with E-state index < -0.39 is 5.97 Å². The molecule has 4 heteroatoms. The number of aromatic carboxylic acids is 1. The molecule has 18 heavy (non-hydrogen) atoms. The van der Waals surface area contributed by atoms with E-state index in [1.807, 2.05) is 32.0 Å². The van der Waals surface area contributed by atoms with Crippen LogP contribution in [0.5, 0.6) is 0 Å². The largest absolute Gasteiger partial charge is 0.478 e. The van der Waals surface area contributed by atoms with Gasteiger partial charge in [0.2, 0.25) is 0 Å². The average molecular weight is 242 g/mol. The number of rotatable bonds is 2. The number of nitrogens with two attached hydrogens (primary N) is 1. The third-order valence-electron chi connectivity index (χ3n) is 2.99. The van der Waals surface area contributed by atoms with Gasteiger partial charge in [-0.2, -0.15) is 0 Å². The van der Waals surface area contributed by atoms with Crippen LogP contribution < -0.4 is 5.73 Å². The van der Waals surface area contributed by atoms with E-state index in [0.717, 1.165) is 16.7 Å². The van der Waals surface area contributed by atoms with E-state index in [1.165, 1.54) is 5.56 Å². The van der Waals surface area contributed by atoms with Gasteiger partial charge in [0.1, 0.15) is 11.4 Å². The lowest BCUT2D eigenvalue weighted by atomic mass is 10.0. The van der Waals surface area contributed by atoms with Gasteiger partial charge in [0.05, 0.1) is 0 Å². The molecule has 0 bridgehead atoms. The van der Waals surface area contributed by atoms with E-state index >= 15 is 0 Å². The van der Waals surface area contributed by atoms with Crippen LogP contribution in [-0.4, -0.2) is 16.1 Å². The van der Waals surface area contributed by atoms with Crippen molar-refractivity contribution in [3.8, 4) is 11.1 Å². The van der Waals surface area contributed by atoms with Gasteiger partial charge >= 0.3 is 5.97 Å². The Bertz CT molecular complexity index is 621. The molecular formula is C14H14N2O2. The number of pyridine rings is 1. The van der Waals surface area contributed by atoms with Gasteiger partial charge in [0.15, 0.2) is 0 Å². The molecule has 1 heterocycles. The maximum absolute atomic E-state index is 11.0. The number of hydrogen-bond acceptors (Lipinski definition) is 3. The van der Waals surface area contributed by atoms with Gasteiger partial charge in [-0.3, -0.25) is 0 Å². The molecule has 0 unspecified atom stereocenters. The molecule has 0 fully saturated rings. The van der Waals surface area contributed by atoms with Crippen molar-refractivity contribution in [3.05, 3.63) is 47.2 Å². The van der Waals surface area contributed by atoms with Crippen molar-refractivity contribution in [1.29, 1.82) is 0 Å². The molecule has 0 saturated carbocycles. The van der Waals surface area contributed by atoms with Crippen molar-refractivity contribution in [2.45, 2.75) is 13.8 Å². The van der Waals surface area contributed by atoms with Crippen molar-refractivity contribution in [2.24, 2.45) is 0 Å². The van der Waals surface area contributed by atoms with Crippen molar-refractivity contribution in [2.75, 3.05) is 5.73 Å². The number of benzene rings is 1. The minimum absolute atomic E-state index is 0.0331. The maximum Gasteiger partial charge on any atom is 0.339 e. The molecular weight excluding hydrogens is 228 g/mol. The molecule has 0 spiro atoms.